The minimum atomic E-state index is -0.385. The maximum atomic E-state index is 12.9. The number of nitrogens with zero attached hydrogens (tertiary/aromatic N) is 3. The molecule has 7 nitrogen and oxygen atoms in total. The minimum absolute atomic E-state index is 0.101. The number of ether oxygens (including phenoxy) is 2. The summed E-state index contributed by atoms with van der Waals surface area (Å²) >= 11 is 0. The zero-order valence-electron chi connectivity index (χ0n) is 15.0. The molecule has 1 aliphatic heterocycles. The van der Waals surface area contributed by atoms with Gasteiger partial charge in [-0.2, -0.15) is 5.10 Å². The molecule has 0 fully saturated rings. The molecule has 0 bridgehead atoms. The Kier molecular flexibility index (Phi) is 4.19. The molecule has 1 amide bonds. The first-order valence-corrected chi connectivity index (χ1v) is 8.53. The Morgan fingerprint density at radius 1 is 1.07 bits per heavy atom. The number of carbonyl (C=O) groups is 1. The maximum absolute atomic E-state index is 12.9. The van der Waals surface area contributed by atoms with Crippen molar-refractivity contribution in [3.05, 3.63) is 54.1 Å². The first kappa shape index (κ1) is 17.0. The zero-order chi connectivity index (χ0) is 19.0. The number of aromatic nitrogens is 1. The molecule has 1 aromatic heterocycles. The molecular weight excluding hydrogens is 346 g/mol. The number of aromatic hydroxyl groups is 1. The highest BCUT2D eigenvalue weighted by molar-refractivity contribution is 6.04. The fraction of sp³-hybridized carbons (Fsp3) is 0.200. The predicted molar refractivity (Wildman–Crippen MR) is 102 cm³/mol. The molecule has 0 saturated carbocycles. The van der Waals surface area contributed by atoms with Gasteiger partial charge < -0.3 is 14.6 Å². The smallest absolute Gasteiger partial charge is 0.351 e. The van der Waals surface area contributed by atoms with Gasteiger partial charge in [-0.15, -0.1) is 0 Å². The first-order chi connectivity index (χ1) is 13.1. The molecule has 4 rings (SSSR count). The van der Waals surface area contributed by atoms with Crippen molar-refractivity contribution in [1.82, 2.24) is 9.58 Å². The molecule has 2 heterocycles. The van der Waals surface area contributed by atoms with Gasteiger partial charge in [0.05, 0.1) is 32.0 Å². The van der Waals surface area contributed by atoms with E-state index in [-0.39, 0.29) is 11.9 Å². The highest BCUT2D eigenvalue weighted by atomic mass is 16.5. The summed E-state index contributed by atoms with van der Waals surface area (Å²) in [6.45, 7) is 0.439. The monoisotopic (exact) mass is 365 g/mol. The second kappa shape index (κ2) is 6.68. The number of fused-ring (bicyclic) bond motifs is 1. The third-order valence-corrected chi connectivity index (χ3v) is 4.62. The Morgan fingerprint density at radius 3 is 2.63 bits per heavy atom. The van der Waals surface area contributed by atoms with Crippen molar-refractivity contribution in [2.45, 2.75) is 6.42 Å². The van der Waals surface area contributed by atoms with Gasteiger partial charge in [-0.05, 0) is 24.3 Å². The summed E-state index contributed by atoms with van der Waals surface area (Å²) in [5.41, 5.74) is 2.29. The third-order valence-electron chi connectivity index (χ3n) is 4.62. The van der Waals surface area contributed by atoms with E-state index in [0.29, 0.717) is 30.0 Å². The van der Waals surface area contributed by atoms with E-state index in [2.05, 4.69) is 5.10 Å². The van der Waals surface area contributed by atoms with E-state index in [1.165, 1.54) is 9.58 Å². The van der Waals surface area contributed by atoms with Crippen LogP contribution in [-0.2, 0) is 0 Å². The van der Waals surface area contributed by atoms with Crippen LogP contribution >= 0.6 is 0 Å². The number of para-hydroxylation sites is 1. The van der Waals surface area contributed by atoms with Crippen molar-refractivity contribution in [3.8, 4) is 17.4 Å². The SMILES string of the molecule is COc1ccc(C2=NN(C(=O)n3c(O)cc4ccccc43)CC2)cc1OC. The molecule has 138 valence electrons. The number of hydrogen-bond acceptors (Lipinski definition) is 5. The van der Waals surface area contributed by atoms with E-state index in [0.717, 1.165) is 16.7 Å². The first-order valence-electron chi connectivity index (χ1n) is 8.53. The molecule has 0 atom stereocenters. The van der Waals surface area contributed by atoms with Crippen molar-refractivity contribution in [2.24, 2.45) is 5.10 Å². The lowest BCUT2D eigenvalue weighted by Gasteiger charge is -2.13. The Hall–Kier alpha value is -3.48. The average Bonchev–Trinajstić information content (AvgIpc) is 3.31. The van der Waals surface area contributed by atoms with Crippen LogP contribution in [0.1, 0.15) is 12.0 Å². The van der Waals surface area contributed by atoms with Crippen molar-refractivity contribution < 1.29 is 19.4 Å². The quantitative estimate of drug-likeness (QED) is 0.771. The number of methoxy groups -OCH3 is 2. The van der Waals surface area contributed by atoms with Gasteiger partial charge in [0.2, 0.25) is 0 Å². The van der Waals surface area contributed by atoms with Crippen LogP contribution in [0.2, 0.25) is 0 Å². The van der Waals surface area contributed by atoms with Crippen molar-refractivity contribution >= 4 is 22.6 Å². The molecule has 0 aliphatic carbocycles. The normalized spacial score (nSPS) is 13.7. The fourth-order valence-corrected chi connectivity index (χ4v) is 3.27. The molecule has 1 N–H and O–H groups in total. The van der Waals surface area contributed by atoms with Gasteiger partial charge in [0.15, 0.2) is 17.4 Å². The lowest BCUT2D eigenvalue weighted by atomic mass is 10.1. The molecular formula is C20H19N3O4. The summed E-state index contributed by atoms with van der Waals surface area (Å²) in [5.74, 6) is 1.14. The predicted octanol–water partition coefficient (Wildman–Crippen LogP) is 3.44. The van der Waals surface area contributed by atoms with Crippen molar-refractivity contribution in [1.29, 1.82) is 0 Å². The molecule has 3 aromatic rings. The van der Waals surface area contributed by atoms with E-state index >= 15 is 0 Å². The van der Waals surface area contributed by atoms with Crippen LogP contribution in [-0.4, -0.2) is 47.2 Å². The van der Waals surface area contributed by atoms with Gasteiger partial charge in [0.25, 0.3) is 0 Å². The number of hydrazone groups is 1. The summed E-state index contributed by atoms with van der Waals surface area (Å²) in [7, 11) is 3.16. The van der Waals surface area contributed by atoms with Gasteiger partial charge in [0.1, 0.15) is 0 Å². The average molecular weight is 365 g/mol. The maximum Gasteiger partial charge on any atom is 0.351 e. The van der Waals surface area contributed by atoms with E-state index < -0.39 is 0 Å². The van der Waals surface area contributed by atoms with Gasteiger partial charge in [-0.25, -0.2) is 14.4 Å². The van der Waals surface area contributed by atoms with Crippen LogP contribution in [0.5, 0.6) is 17.4 Å². The van der Waals surface area contributed by atoms with Crippen LogP contribution in [0.15, 0.2) is 53.6 Å². The van der Waals surface area contributed by atoms with Crippen LogP contribution in [0.3, 0.4) is 0 Å². The van der Waals surface area contributed by atoms with Crippen LogP contribution in [0.4, 0.5) is 4.79 Å². The lowest BCUT2D eigenvalue weighted by Crippen LogP contribution is -2.28. The molecule has 27 heavy (non-hydrogen) atoms. The zero-order valence-corrected chi connectivity index (χ0v) is 15.0. The molecule has 1 aliphatic rings. The number of rotatable bonds is 3. The number of carbonyl (C=O) groups excluding carboxylic acids is 1. The van der Waals surface area contributed by atoms with E-state index in [9.17, 15) is 9.90 Å². The van der Waals surface area contributed by atoms with Gasteiger partial charge in [-0.3, -0.25) is 0 Å². The number of amides is 1. The molecule has 0 spiro atoms. The van der Waals surface area contributed by atoms with Crippen molar-refractivity contribution in [3.63, 3.8) is 0 Å². The highest BCUT2D eigenvalue weighted by Crippen LogP contribution is 2.30. The van der Waals surface area contributed by atoms with Crippen molar-refractivity contribution in [2.75, 3.05) is 20.8 Å². The molecule has 0 unspecified atom stereocenters. The molecule has 2 aromatic carbocycles. The molecule has 0 saturated heterocycles. The minimum Gasteiger partial charge on any atom is -0.494 e. The Balaban J connectivity index is 1.66. The summed E-state index contributed by atoms with van der Waals surface area (Å²) in [6.07, 6.45) is 0.612. The van der Waals surface area contributed by atoms with Crippen LogP contribution in [0.25, 0.3) is 10.9 Å². The summed E-state index contributed by atoms with van der Waals surface area (Å²) in [4.78, 5) is 12.9. The molecule has 0 radical (unpaired) electrons. The standard InChI is InChI=1S/C20H19N3O4/c1-26-17-8-7-13(11-18(17)27-2)15-9-10-22(21-15)20(25)23-16-6-4-3-5-14(16)12-19(23)24/h3-8,11-12,24H,9-10H2,1-2H3. The van der Waals surface area contributed by atoms with Gasteiger partial charge >= 0.3 is 6.03 Å². The van der Waals surface area contributed by atoms with E-state index in [1.54, 1.807) is 26.4 Å². The largest absolute Gasteiger partial charge is 0.494 e. The van der Waals surface area contributed by atoms with E-state index in [4.69, 9.17) is 9.47 Å². The van der Waals surface area contributed by atoms with Gasteiger partial charge in [-0.1, -0.05) is 18.2 Å². The summed E-state index contributed by atoms with van der Waals surface area (Å²) in [5, 5.41) is 16.8. The van der Waals surface area contributed by atoms with Crippen LogP contribution < -0.4 is 9.47 Å². The van der Waals surface area contributed by atoms with Crippen LogP contribution in [0, 0.1) is 0 Å². The molecule has 7 heteroatoms. The Bertz CT molecular complexity index is 1050. The summed E-state index contributed by atoms with van der Waals surface area (Å²) in [6, 6.07) is 14.1. The van der Waals surface area contributed by atoms with E-state index in [1.807, 2.05) is 36.4 Å². The number of benzene rings is 2. The second-order valence-electron chi connectivity index (χ2n) is 6.17. The third kappa shape index (κ3) is 2.87. The topological polar surface area (TPSA) is 76.3 Å². The Morgan fingerprint density at radius 2 is 1.85 bits per heavy atom. The lowest BCUT2D eigenvalue weighted by molar-refractivity contribution is 0.205. The Labute approximate surface area is 156 Å². The number of hydrogen-bond donors (Lipinski definition) is 1. The fourth-order valence-electron chi connectivity index (χ4n) is 3.27. The van der Waals surface area contributed by atoms with Gasteiger partial charge in [0, 0.05) is 23.4 Å². The highest BCUT2D eigenvalue weighted by Gasteiger charge is 2.26. The summed E-state index contributed by atoms with van der Waals surface area (Å²) < 4.78 is 11.9. The second-order valence-corrected chi connectivity index (χ2v) is 6.17.